The zero-order chi connectivity index (χ0) is 47.3. The molecule has 0 aromatic carbocycles. The van der Waals surface area contributed by atoms with Gasteiger partial charge in [0.15, 0.2) is 6.29 Å². The van der Waals surface area contributed by atoms with Gasteiger partial charge in [0.2, 0.25) is 5.91 Å². The number of aliphatic hydroxyl groups excluding tert-OH is 5. The van der Waals surface area contributed by atoms with E-state index in [0.29, 0.717) is 6.42 Å². The normalized spacial score (nSPS) is 19.9. The highest BCUT2D eigenvalue weighted by Crippen LogP contribution is 2.23. The van der Waals surface area contributed by atoms with Gasteiger partial charge in [0.1, 0.15) is 24.4 Å². The average Bonchev–Trinajstić information content (AvgIpc) is 3.31. The highest BCUT2D eigenvalue weighted by atomic mass is 16.7. The van der Waals surface area contributed by atoms with E-state index in [1.807, 2.05) is 6.08 Å². The fraction of sp³-hybridized carbons (Fsp3) is 0.946. The molecule has 1 amide bonds. The fourth-order valence-corrected chi connectivity index (χ4v) is 9.34. The van der Waals surface area contributed by atoms with E-state index in [0.717, 1.165) is 38.5 Å². The van der Waals surface area contributed by atoms with Crippen LogP contribution in [0.2, 0.25) is 0 Å². The van der Waals surface area contributed by atoms with Gasteiger partial charge in [-0.15, -0.1) is 0 Å². The van der Waals surface area contributed by atoms with Gasteiger partial charge in [-0.2, -0.15) is 0 Å². The van der Waals surface area contributed by atoms with E-state index < -0.39 is 49.5 Å². The Morgan fingerprint density at radius 2 is 0.846 bits per heavy atom. The van der Waals surface area contributed by atoms with Crippen molar-refractivity contribution in [3.63, 3.8) is 0 Å². The first-order chi connectivity index (χ1) is 31.8. The maximum absolute atomic E-state index is 13.0. The molecular formula is C56H109NO8. The van der Waals surface area contributed by atoms with Crippen molar-refractivity contribution in [2.24, 2.45) is 0 Å². The minimum atomic E-state index is -1.56. The van der Waals surface area contributed by atoms with Crippen molar-refractivity contribution in [2.75, 3.05) is 13.2 Å². The summed E-state index contributed by atoms with van der Waals surface area (Å²) in [6, 6.07) is -0.798. The predicted molar refractivity (Wildman–Crippen MR) is 272 cm³/mol. The number of carbonyl (C=O) groups is 1. The lowest BCUT2D eigenvalue weighted by Crippen LogP contribution is -2.60. The number of carbonyl (C=O) groups excluding carboxylic acids is 1. The molecule has 386 valence electrons. The van der Waals surface area contributed by atoms with Crippen LogP contribution in [-0.4, -0.2) is 87.5 Å². The lowest BCUT2D eigenvalue weighted by molar-refractivity contribution is -0.302. The van der Waals surface area contributed by atoms with Crippen LogP contribution in [0.25, 0.3) is 0 Å². The van der Waals surface area contributed by atoms with Crippen molar-refractivity contribution in [3.05, 3.63) is 12.2 Å². The van der Waals surface area contributed by atoms with Gasteiger partial charge in [0.25, 0.3) is 0 Å². The van der Waals surface area contributed by atoms with Gasteiger partial charge in [0, 0.05) is 6.42 Å². The molecule has 1 aliphatic rings. The van der Waals surface area contributed by atoms with E-state index in [9.17, 15) is 30.3 Å². The molecule has 0 aromatic heterocycles. The maximum Gasteiger partial charge on any atom is 0.220 e. The van der Waals surface area contributed by atoms with Crippen molar-refractivity contribution in [1.82, 2.24) is 5.32 Å². The number of allylic oxidation sites excluding steroid dienone is 1. The molecule has 7 atom stereocenters. The quantitative estimate of drug-likeness (QED) is 0.0261. The van der Waals surface area contributed by atoms with Crippen LogP contribution in [-0.2, 0) is 14.3 Å². The molecule has 0 radical (unpaired) electrons. The summed E-state index contributed by atoms with van der Waals surface area (Å²) in [7, 11) is 0. The van der Waals surface area contributed by atoms with Crippen LogP contribution in [0, 0.1) is 0 Å². The molecule has 9 nitrogen and oxygen atoms in total. The van der Waals surface area contributed by atoms with Crippen LogP contribution in [0.4, 0.5) is 0 Å². The first-order valence-corrected chi connectivity index (χ1v) is 28.4. The molecule has 1 fully saturated rings. The number of unbranched alkanes of at least 4 members (excludes halogenated alkanes) is 39. The SMILES string of the molecule is CCCCCCCCCC/C=C/[C@@H](O)[C@H](CO[C@@H]1O[C@H](CO)[C@@H](O)C(O)C1O)NC(=O)CCCCCCCCCCCCCCCCCCCCCCCCCCCCCCCCCC. The van der Waals surface area contributed by atoms with E-state index in [1.54, 1.807) is 6.08 Å². The third-order valence-electron chi connectivity index (χ3n) is 13.9. The molecule has 0 aliphatic carbocycles. The second kappa shape index (κ2) is 46.6. The summed E-state index contributed by atoms with van der Waals surface area (Å²) in [5.41, 5.74) is 0. The van der Waals surface area contributed by atoms with Crippen molar-refractivity contribution in [1.29, 1.82) is 0 Å². The molecule has 0 spiro atoms. The molecular weight excluding hydrogens is 815 g/mol. The monoisotopic (exact) mass is 924 g/mol. The Morgan fingerprint density at radius 3 is 1.20 bits per heavy atom. The van der Waals surface area contributed by atoms with Crippen molar-refractivity contribution in [2.45, 2.75) is 326 Å². The number of nitrogens with one attached hydrogen (secondary N) is 1. The standard InChI is InChI=1S/C56H109NO8/c1-3-5-7-9-11-13-15-16-17-18-19-20-21-22-23-24-25-26-27-28-29-30-31-32-33-34-35-36-38-40-42-44-46-52(60)57-49(48-64-56-55(63)54(62)53(61)51(47-58)65-56)50(59)45-43-41-39-37-14-12-10-8-6-4-2/h43,45,49-51,53-56,58-59,61-63H,3-42,44,46-48H2,1-2H3,(H,57,60)/b45-43+/t49-,50+,51+,53+,54?,55?,56+/m0/s1. The smallest absolute Gasteiger partial charge is 0.220 e. The predicted octanol–water partition coefficient (Wildman–Crippen LogP) is 13.6. The van der Waals surface area contributed by atoms with E-state index in [2.05, 4.69) is 19.2 Å². The zero-order valence-corrected chi connectivity index (χ0v) is 42.8. The van der Waals surface area contributed by atoms with E-state index in [1.165, 1.54) is 225 Å². The highest BCUT2D eigenvalue weighted by Gasteiger charge is 2.44. The summed E-state index contributed by atoms with van der Waals surface area (Å²) in [6.07, 6.45) is 50.3. The Balaban J connectivity index is 2.06. The number of hydrogen-bond acceptors (Lipinski definition) is 8. The number of amides is 1. The van der Waals surface area contributed by atoms with Crippen LogP contribution in [0.5, 0.6) is 0 Å². The van der Waals surface area contributed by atoms with Gasteiger partial charge in [0.05, 0.1) is 25.4 Å². The second-order valence-electron chi connectivity index (χ2n) is 20.1. The van der Waals surface area contributed by atoms with Crippen molar-refractivity contribution < 1.29 is 39.8 Å². The molecule has 1 saturated heterocycles. The third kappa shape index (κ3) is 36.6. The number of rotatable bonds is 49. The van der Waals surface area contributed by atoms with E-state index in [4.69, 9.17) is 9.47 Å². The maximum atomic E-state index is 13.0. The Bertz CT molecular complexity index is 1030. The summed E-state index contributed by atoms with van der Waals surface area (Å²) in [6.45, 7) is 3.78. The topological polar surface area (TPSA) is 149 Å². The summed E-state index contributed by atoms with van der Waals surface area (Å²) >= 11 is 0. The molecule has 0 saturated carbocycles. The van der Waals surface area contributed by atoms with Gasteiger partial charge < -0.3 is 40.3 Å². The lowest BCUT2D eigenvalue weighted by atomic mass is 9.99. The van der Waals surface area contributed by atoms with Crippen LogP contribution in [0.1, 0.15) is 284 Å². The van der Waals surface area contributed by atoms with Gasteiger partial charge in [-0.05, 0) is 19.3 Å². The van der Waals surface area contributed by atoms with Gasteiger partial charge in [-0.3, -0.25) is 4.79 Å². The van der Waals surface area contributed by atoms with E-state index >= 15 is 0 Å². The first kappa shape index (κ1) is 61.9. The lowest BCUT2D eigenvalue weighted by Gasteiger charge is -2.40. The van der Waals surface area contributed by atoms with Crippen molar-refractivity contribution >= 4 is 5.91 Å². The zero-order valence-electron chi connectivity index (χ0n) is 42.8. The minimum absolute atomic E-state index is 0.173. The fourth-order valence-electron chi connectivity index (χ4n) is 9.34. The number of aliphatic hydroxyl groups is 5. The Hall–Kier alpha value is -1.07. The van der Waals surface area contributed by atoms with Gasteiger partial charge in [-0.25, -0.2) is 0 Å². The van der Waals surface area contributed by atoms with Crippen molar-refractivity contribution in [3.8, 4) is 0 Å². The summed E-state index contributed by atoms with van der Waals surface area (Å²) in [5.74, 6) is -0.173. The average molecular weight is 924 g/mol. The molecule has 0 bridgehead atoms. The Kier molecular flexibility index (Phi) is 44.5. The Morgan fingerprint density at radius 1 is 0.508 bits per heavy atom. The first-order valence-electron chi connectivity index (χ1n) is 28.4. The molecule has 1 aliphatic heterocycles. The summed E-state index contributed by atoms with van der Waals surface area (Å²) in [5, 5.41) is 54.2. The second-order valence-corrected chi connectivity index (χ2v) is 20.1. The third-order valence-corrected chi connectivity index (χ3v) is 13.9. The minimum Gasteiger partial charge on any atom is -0.394 e. The van der Waals surface area contributed by atoms with Crippen LogP contribution >= 0.6 is 0 Å². The van der Waals surface area contributed by atoms with E-state index in [-0.39, 0.29) is 12.5 Å². The molecule has 1 rings (SSSR count). The summed E-state index contributed by atoms with van der Waals surface area (Å²) < 4.78 is 11.2. The van der Waals surface area contributed by atoms with Gasteiger partial charge in [-0.1, -0.05) is 270 Å². The largest absolute Gasteiger partial charge is 0.394 e. The molecule has 2 unspecified atom stereocenters. The number of hydrogen-bond donors (Lipinski definition) is 6. The summed E-state index contributed by atoms with van der Waals surface area (Å²) in [4.78, 5) is 13.0. The number of ether oxygens (including phenoxy) is 2. The molecule has 0 aromatic rings. The molecule has 1 heterocycles. The van der Waals surface area contributed by atoms with Crippen LogP contribution in [0.15, 0.2) is 12.2 Å². The van der Waals surface area contributed by atoms with Gasteiger partial charge >= 0.3 is 0 Å². The molecule has 6 N–H and O–H groups in total. The molecule has 9 heteroatoms. The van der Waals surface area contributed by atoms with Crippen LogP contribution in [0.3, 0.4) is 0 Å². The highest BCUT2D eigenvalue weighted by molar-refractivity contribution is 5.76. The molecule has 65 heavy (non-hydrogen) atoms. The van der Waals surface area contributed by atoms with Crippen LogP contribution < -0.4 is 5.32 Å². The Labute approximate surface area is 401 Å².